The van der Waals surface area contributed by atoms with Crippen molar-refractivity contribution in [3.05, 3.63) is 18.2 Å². The molecular weight excluding hydrogens is 242 g/mol. The van der Waals surface area contributed by atoms with Crippen LogP contribution in [0.3, 0.4) is 0 Å². The Morgan fingerprint density at radius 2 is 2.21 bits per heavy atom. The molecule has 0 aromatic carbocycles. The summed E-state index contributed by atoms with van der Waals surface area (Å²) in [4.78, 5) is 16.3. The largest absolute Gasteiger partial charge is 0.393 e. The van der Waals surface area contributed by atoms with E-state index in [9.17, 15) is 9.90 Å². The van der Waals surface area contributed by atoms with E-state index in [0.717, 1.165) is 44.5 Å². The average molecular weight is 265 g/mol. The molecule has 0 radical (unpaired) electrons. The Kier molecular flexibility index (Phi) is 4.96. The molecule has 1 fully saturated rings. The molecular formula is C14H23N3O2. The number of carbonyl (C=O) groups is 1. The number of nitrogens with zero attached hydrogens (tertiary/aromatic N) is 2. The summed E-state index contributed by atoms with van der Waals surface area (Å²) < 4.78 is 2.07. The number of aliphatic hydroxyl groups excluding tert-OH is 1. The van der Waals surface area contributed by atoms with Crippen LogP contribution in [0, 0.1) is 5.92 Å². The number of nitrogens with one attached hydrogen (secondary N) is 1. The number of amides is 1. The van der Waals surface area contributed by atoms with E-state index in [4.69, 9.17) is 0 Å². The predicted octanol–water partition coefficient (Wildman–Crippen LogP) is 1.46. The van der Waals surface area contributed by atoms with Crippen LogP contribution in [0.2, 0.25) is 0 Å². The number of hydrogen-bond acceptors (Lipinski definition) is 3. The van der Waals surface area contributed by atoms with Gasteiger partial charge in [-0.2, -0.15) is 0 Å². The van der Waals surface area contributed by atoms with E-state index < -0.39 is 0 Å². The standard InChI is InChI=1S/C14H23N3O2/c1-2-8-17-9-7-15-13(17)10-16-14(19)11-3-5-12(18)6-4-11/h7,9,11-12,18H,2-6,8,10H2,1H3,(H,16,19). The Labute approximate surface area is 114 Å². The van der Waals surface area contributed by atoms with Crippen molar-refractivity contribution < 1.29 is 9.90 Å². The van der Waals surface area contributed by atoms with Crippen molar-refractivity contribution in [2.75, 3.05) is 0 Å². The molecule has 5 heteroatoms. The summed E-state index contributed by atoms with van der Waals surface area (Å²) in [5.74, 6) is 1.06. The summed E-state index contributed by atoms with van der Waals surface area (Å²) in [6.45, 7) is 3.54. The SMILES string of the molecule is CCCn1ccnc1CNC(=O)C1CCC(O)CC1. The summed E-state index contributed by atoms with van der Waals surface area (Å²) >= 11 is 0. The molecule has 0 bridgehead atoms. The fraction of sp³-hybridized carbons (Fsp3) is 0.714. The van der Waals surface area contributed by atoms with Gasteiger partial charge >= 0.3 is 0 Å². The van der Waals surface area contributed by atoms with Crippen LogP contribution in [0.25, 0.3) is 0 Å². The highest BCUT2D eigenvalue weighted by molar-refractivity contribution is 5.78. The maximum Gasteiger partial charge on any atom is 0.223 e. The van der Waals surface area contributed by atoms with Gasteiger partial charge < -0.3 is 15.0 Å². The quantitative estimate of drug-likeness (QED) is 0.847. The zero-order chi connectivity index (χ0) is 13.7. The van der Waals surface area contributed by atoms with Crippen LogP contribution < -0.4 is 5.32 Å². The van der Waals surface area contributed by atoms with E-state index in [1.165, 1.54) is 0 Å². The van der Waals surface area contributed by atoms with Crippen molar-refractivity contribution >= 4 is 5.91 Å². The van der Waals surface area contributed by atoms with Gasteiger partial charge in [-0.25, -0.2) is 4.98 Å². The Morgan fingerprint density at radius 3 is 2.89 bits per heavy atom. The first-order chi connectivity index (χ1) is 9.20. The topological polar surface area (TPSA) is 67.2 Å². The number of aromatic nitrogens is 2. The number of carbonyl (C=O) groups excluding carboxylic acids is 1. The highest BCUT2D eigenvalue weighted by Gasteiger charge is 2.25. The summed E-state index contributed by atoms with van der Waals surface area (Å²) in [5, 5.41) is 12.4. The van der Waals surface area contributed by atoms with Gasteiger partial charge in [-0.1, -0.05) is 6.92 Å². The maximum absolute atomic E-state index is 12.0. The molecule has 1 aromatic heterocycles. The second-order valence-corrected chi connectivity index (χ2v) is 5.26. The molecule has 19 heavy (non-hydrogen) atoms. The Morgan fingerprint density at radius 1 is 1.47 bits per heavy atom. The smallest absolute Gasteiger partial charge is 0.223 e. The van der Waals surface area contributed by atoms with Gasteiger partial charge in [0.1, 0.15) is 5.82 Å². The third-order valence-corrected chi connectivity index (χ3v) is 3.75. The molecule has 1 aromatic rings. The minimum Gasteiger partial charge on any atom is -0.393 e. The molecule has 2 N–H and O–H groups in total. The van der Waals surface area contributed by atoms with Gasteiger partial charge in [0, 0.05) is 24.9 Å². The molecule has 0 atom stereocenters. The van der Waals surface area contributed by atoms with E-state index >= 15 is 0 Å². The second kappa shape index (κ2) is 6.70. The van der Waals surface area contributed by atoms with Crippen molar-refractivity contribution in [2.45, 2.75) is 58.2 Å². The Balaban J connectivity index is 1.81. The third kappa shape index (κ3) is 3.80. The Hall–Kier alpha value is -1.36. The van der Waals surface area contributed by atoms with Crippen LogP contribution in [0.1, 0.15) is 44.9 Å². The van der Waals surface area contributed by atoms with Gasteiger partial charge in [0.05, 0.1) is 12.6 Å². The highest BCUT2D eigenvalue weighted by atomic mass is 16.3. The van der Waals surface area contributed by atoms with Crippen molar-refractivity contribution in [1.82, 2.24) is 14.9 Å². The van der Waals surface area contributed by atoms with E-state index in [1.807, 2.05) is 6.20 Å². The number of rotatable bonds is 5. The van der Waals surface area contributed by atoms with Crippen LogP contribution in [-0.2, 0) is 17.9 Å². The lowest BCUT2D eigenvalue weighted by molar-refractivity contribution is -0.126. The molecule has 1 aliphatic rings. The molecule has 0 spiro atoms. The van der Waals surface area contributed by atoms with Gasteiger partial charge in [0.15, 0.2) is 0 Å². The van der Waals surface area contributed by atoms with Gasteiger partial charge in [-0.05, 0) is 32.1 Å². The highest BCUT2D eigenvalue weighted by Crippen LogP contribution is 2.24. The second-order valence-electron chi connectivity index (χ2n) is 5.26. The molecule has 1 amide bonds. The van der Waals surface area contributed by atoms with Crippen molar-refractivity contribution in [1.29, 1.82) is 0 Å². The first kappa shape index (κ1) is 14.1. The lowest BCUT2D eigenvalue weighted by atomic mass is 9.87. The molecule has 1 heterocycles. The normalized spacial score (nSPS) is 23.3. The average Bonchev–Trinajstić information content (AvgIpc) is 2.85. The van der Waals surface area contributed by atoms with Crippen molar-refractivity contribution in [3.8, 4) is 0 Å². The molecule has 0 saturated heterocycles. The fourth-order valence-corrected chi connectivity index (χ4v) is 2.60. The molecule has 106 valence electrons. The molecule has 1 aliphatic carbocycles. The van der Waals surface area contributed by atoms with Crippen LogP contribution >= 0.6 is 0 Å². The summed E-state index contributed by atoms with van der Waals surface area (Å²) in [6, 6.07) is 0. The number of aryl methyl sites for hydroxylation is 1. The van der Waals surface area contributed by atoms with Crippen LogP contribution in [0.4, 0.5) is 0 Å². The summed E-state index contributed by atoms with van der Waals surface area (Å²) in [5.41, 5.74) is 0. The monoisotopic (exact) mass is 265 g/mol. The molecule has 0 aliphatic heterocycles. The molecule has 1 saturated carbocycles. The summed E-state index contributed by atoms with van der Waals surface area (Å²) in [7, 11) is 0. The van der Waals surface area contributed by atoms with Crippen LogP contribution in [0.15, 0.2) is 12.4 Å². The van der Waals surface area contributed by atoms with Gasteiger partial charge in [-0.15, -0.1) is 0 Å². The fourth-order valence-electron chi connectivity index (χ4n) is 2.60. The zero-order valence-corrected chi connectivity index (χ0v) is 11.5. The van der Waals surface area contributed by atoms with Gasteiger partial charge in [0.25, 0.3) is 0 Å². The Bertz CT molecular complexity index is 409. The number of hydrogen-bond donors (Lipinski definition) is 2. The zero-order valence-electron chi connectivity index (χ0n) is 11.5. The first-order valence-electron chi connectivity index (χ1n) is 7.16. The third-order valence-electron chi connectivity index (χ3n) is 3.75. The van der Waals surface area contributed by atoms with Crippen LogP contribution in [0.5, 0.6) is 0 Å². The first-order valence-corrected chi connectivity index (χ1v) is 7.16. The lowest BCUT2D eigenvalue weighted by Gasteiger charge is -2.24. The van der Waals surface area contributed by atoms with Gasteiger partial charge in [-0.3, -0.25) is 4.79 Å². The van der Waals surface area contributed by atoms with Gasteiger partial charge in [0.2, 0.25) is 5.91 Å². The molecule has 5 nitrogen and oxygen atoms in total. The van der Waals surface area contributed by atoms with Crippen molar-refractivity contribution in [3.63, 3.8) is 0 Å². The molecule has 2 rings (SSSR count). The van der Waals surface area contributed by atoms with E-state index in [0.29, 0.717) is 6.54 Å². The van der Waals surface area contributed by atoms with E-state index in [-0.39, 0.29) is 17.9 Å². The maximum atomic E-state index is 12.0. The lowest BCUT2D eigenvalue weighted by Crippen LogP contribution is -2.34. The molecule has 0 unspecified atom stereocenters. The minimum atomic E-state index is -0.215. The number of imidazole rings is 1. The van der Waals surface area contributed by atoms with E-state index in [2.05, 4.69) is 21.8 Å². The van der Waals surface area contributed by atoms with Crippen LogP contribution in [-0.4, -0.2) is 26.7 Å². The van der Waals surface area contributed by atoms with Crippen molar-refractivity contribution in [2.24, 2.45) is 5.92 Å². The van der Waals surface area contributed by atoms with E-state index in [1.54, 1.807) is 6.20 Å². The summed E-state index contributed by atoms with van der Waals surface area (Å²) in [6.07, 6.45) is 7.61. The minimum absolute atomic E-state index is 0.0537. The number of aliphatic hydroxyl groups is 1. The predicted molar refractivity (Wildman–Crippen MR) is 72.3 cm³/mol.